The summed E-state index contributed by atoms with van der Waals surface area (Å²) in [7, 11) is 0. The Bertz CT molecular complexity index is 895. The number of fused-ring (bicyclic) bond motifs is 4. The largest absolute Gasteiger partial charge is 0.302 e. The lowest BCUT2D eigenvalue weighted by atomic mass is 9.72. The molecule has 2 atom stereocenters. The molecule has 106 valence electrons. The van der Waals surface area contributed by atoms with Gasteiger partial charge in [0.05, 0.1) is 11.8 Å². The molecule has 0 unspecified atom stereocenters. The van der Waals surface area contributed by atoms with Gasteiger partial charge in [-0.1, -0.05) is 60.7 Å². The summed E-state index contributed by atoms with van der Waals surface area (Å²) in [4.78, 5) is 23.6. The molecule has 22 heavy (non-hydrogen) atoms. The third-order valence-electron chi connectivity index (χ3n) is 4.59. The van der Waals surface area contributed by atoms with Gasteiger partial charge in [-0.25, -0.2) is 0 Å². The van der Waals surface area contributed by atoms with E-state index in [4.69, 9.17) is 0 Å². The Morgan fingerprint density at radius 3 is 2.00 bits per heavy atom. The Kier molecular flexibility index (Phi) is 2.90. The molecule has 0 saturated heterocycles. The molecule has 0 amide bonds. The monoisotopic (exact) mass is 286 g/mol. The van der Waals surface area contributed by atoms with Crippen LogP contribution in [0, 0.1) is 0 Å². The summed E-state index contributed by atoms with van der Waals surface area (Å²) in [5.41, 5.74) is 3.81. The van der Waals surface area contributed by atoms with E-state index in [1.807, 2.05) is 60.7 Å². The molecule has 4 rings (SSSR count). The maximum Gasteiger partial charge on any atom is 0.131 e. The third-order valence-corrected chi connectivity index (χ3v) is 4.59. The molecule has 0 N–H and O–H groups in total. The maximum absolute atomic E-state index is 11.8. The summed E-state index contributed by atoms with van der Waals surface area (Å²) in [6, 6.07) is 19.8. The van der Waals surface area contributed by atoms with Crippen LogP contribution in [-0.4, -0.2) is 12.6 Å². The van der Waals surface area contributed by atoms with Crippen LogP contribution >= 0.6 is 0 Å². The molecule has 0 heterocycles. The quantitative estimate of drug-likeness (QED) is 0.671. The van der Waals surface area contributed by atoms with Crippen LogP contribution in [0.3, 0.4) is 0 Å². The predicted molar refractivity (Wildman–Crippen MR) is 86.2 cm³/mol. The third kappa shape index (κ3) is 1.67. The Morgan fingerprint density at radius 1 is 0.636 bits per heavy atom. The minimum atomic E-state index is -0.312. The zero-order valence-electron chi connectivity index (χ0n) is 11.9. The van der Waals surface area contributed by atoms with E-state index in [0.717, 1.165) is 45.6 Å². The zero-order valence-corrected chi connectivity index (χ0v) is 11.9. The van der Waals surface area contributed by atoms with Crippen LogP contribution in [0.2, 0.25) is 0 Å². The van der Waals surface area contributed by atoms with Crippen molar-refractivity contribution in [1.29, 1.82) is 0 Å². The van der Waals surface area contributed by atoms with E-state index in [0.29, 0.717) is 0 Å². The SMILES string of the molecule is O=C[C@H]1c2ccccc2[C@@H](C=O)c2c1ccc1ccccc21. The number of benzene rings is 3. The minimum Gasteiger partial charge on any atom is -0.302 e. The van der Waals surface area contributed by atoms with Gasteiger partial charge in [0.2, 0.25) is 0 Å². The van der Waals surface area contributed by atoms with Crippen molar-refractivity contribution < 1.29 is 9.59 Å². The highest BCUT2D eigenvalue weighted by atomic mass is 16.1. The van der Waals surface area contributed by atoms with Crippen LogP contribution in [0.5, 0.6) is 0 Å². The standard InChI is InChI=1S/C20H14O2/c21-11-18-15-7-3-4-8-16(15)19(12-22)20-14-6-2-1-5-13(14)9-10-17(18)20/h1-12,18-19H/t18-,19+/m0/s1. The summed E-state index contributed by atoms with van der Waals surface area (Å²) >= 11 is 0. The van der Waals surface area contributed by atoms with Crippen molar-refractivity contribution in [3.05, 3.63) is 82.9 Å². The average Bonchev–Trinajstić information content (AvgIpc) is 2.59. The van der Waals surface area contributed by atoms with Crippen molar-refractivity contribution >= 4 is 23.3 Å². The lowest BCUT2D eigenvalue weighted by molar-refractivity contribution is -0.109. The van der Waals surface area contributed by atoms with Crippen molar-refractivity contribution in [2.45, 2.75) is 11.8 Å². The molecule has 2 nitrogen and oxygen atoms in total. The molecular formula is C20H14O2. The van der Waals surface area contributed by atoms with Crippen molar-refractivity contribution in [3.63, 3.8) is 0 Å². The molecule has 1 aliphatic carbocycles. The summed E-state index contributed by atoms with van der Waals surface area (Å²) in [5, 5.41) is 2.15. The lowest BCUT2D eigenvalue weighted by Gasteiger charge is -2.30. The van der Waals surface area contributed by atoms with Crippen molar-refractivity contribution in [2.75, 3.05) is 0 Å². The van der Waals surface area contributed by atoms with Gasteiger partial charge in [-0.15, -0.1) is 0 Å². The molecule has 3 aromatic carbocycles. The molecule has 0 bridgehead atoms. The Labute approximate surface area is 128 Å². The average molecular weight is 286 g/mol. The normalized spacial score (nSPS) is 19.3. The Balaban J connectivity index is 2.13. The van der Waals surface area contributed by atoms with Gasteiger partial charge in [0.1, 0.15) is 12.6 Å². The second-order valence-electron chi connectivity index (χ2n) is 5.65. The van der Waals surface area contributed by atoms with Gasteiger partial charge in [0.15, 0.2) is 0 Å². The summed E-state index contributed by atoms with van der Waals surface area (Å²) in [6.07, 6.45) is 1.97. The van der Waals surface area contributed by atoms with Crippen LogP contribution in [0.25, 0.3) is 10.8 Å². The molecule has 0 aliphatic heterocycles. The molecule has 0 spiro atoms. The first-order valence-electron chi connectivity index (χ1n) is 7.36. The lowest BCUT2D eigenvalue weighted by Crippen LogP contribution is -2.20. The number of rotatable bonds is 2. The number of carbonyl (C=O) groups excluding carboxylic acids is 2. The van der Waals surface area contributed by atoms with Gasteiger partial charge in [-0.05, 0) is 33.0 Å². The molecule has 0 aromatic heterocycles. The van der Waals surface area contributed by atoms with Crippen LogP contribution in [0.4, 0.5) is 0 Å². The first-order valence-corrected chi connectivity index (χ1v) is 7.36. The van der Waals surface area contributed by atoms with Crippen LogP contribution in [0.15, 0.2) is 60.7 Å². The number of carbonyl (C=O) groups is 2. The molecule has 1 aliphatic rings. The molecule has 0 fully saturated rings. The first kappa shape index (κ1) is 13.0. The van der Waals surface area contributed by atoms with Crippen molar-refractivity contribution in [1.82, 2.24) is 0 Å². The Morgan fingerprint density at radius 2 is 1.27 bits per heavy atom. The fraction of sp³-hybridized carbons (Fsp3) is 0.100. The van der Waals surface area contributed by atoms with Gasteiger partial charge in [0, 0.05) is 0 Å². The summed E-state index contributed by atoms with van der Waals surface area (Å²) < 4.78 is 0. The van der Waals surface area contributed by atoms with E-state index in [1.165, 1.54) is 0 Å². The van der Waals surface area contributed by atoms with Crippen LogP contribution < -0.4 is 0 Å². The van der Waals surface area contributed by atoms with E-state index in [-0.39, 0.29) is 11.8 Å². The van der Waals surface area contributed by atoms with Gasteiger partial charge < -0.3 is 9.59 Å². The first-order chi connectivity index (χ1) is 10.8. The predicted octanol–water partition coefficient (Wildman–Crippen LogP) is 3.81. The number of aldehydes is 2. The van der Waals surface area contributed by atoms with Gasteiger partial charge in [0.25, 0.3) is 0 Å². The molecule has 3 aromatic rings. The zero-order chi connectivity index (χ0) is 15.1. The van der Waals surface area contributed by atoms with Crippen molar-refractivity contribution in [3.8, 4) is 0 Å². The van der Waals surface area contributed by atoms with E-state index in [1.54, 1.807) is 0 Å². The molecule has 2 heteroatoms. The second kappa shape index (κ2) is 4.92. The number of hydrogen-bond donors (Lipinski definition) is 0. The fourth-order valence-corrected chi connectivity index (χ4v) is 3.62. The molecular weight excluding hydrogens is 272 g/mol. The minimum absolute atomic E-state index is 0.299. The number of hydrogen-bond acceptors (Lipinski definition) is 2. The Hall–Kier alpha value is -2.74. The van der Waals surface area contributed by atoms with E-state index < -0.39 is 0 Å². The summed E-state index contributed by atoms with van der Waals surface area (Å²) in [6.45, 7) is 0. The summed E-state index contributed by atoms with van der Waals surface area (Å²) in [5.74, 6) is -0.611. The fourth-order valence-electron chi connectivity index (χ4n) is 3.62. The van der Waals surface area contributed by atoms with Crippen LogP contribution in [-0.2, 0) is 9.59 Å². The van der Waals surface area contributed by atoms with E-state index in [2.05, 4.69) is 0 Å². The maximum atomic E-state index is 11.8. The van der Waals surface area contributed by atoms with E-state index in [9.17, 15) is 9.59 Å². The topological polar surface area (TPSA) is 34.1 Å². The van der Waals surface area contributed by atoms with Gasteiger partial charge in [-0.3, -0.25) is 0 Å². The highest BCUT2D eigenvalue weighted by Crippen LogP contribution is 2.44. The van der Waals surface area contributed by atoms with Gasteiger partial charge >= 0.3 is 0 Å². The molecule has 0 radical (unpaired) electrons. The van der Waals surface area contributed by atoms with E-state index >= 15 is 0 Å². The smallest absolute Gasteiger partial charge is 0.131 e. The van der Waals surface area contributed by atoms with Crippen molar-refractivity contribution in [2.24, 2.45) is 0 Å². The molecule has 0 saturated carbocycles. The van der Waals surface area contributed by atoms with Crippen LogP contribution in [0.1, 0.15) is 34.1 Å². The second-order valence-corrected chi connectivity index (χ2v) is 5.65. The highest BCUT2D eigenvalue weighted by molar-refractivity contribution is 5.94. The van der Waals surface area contributed by atoms with Gasteiger partial charge in [-0.2, -0.15) is 0 Å². The highest BCUT2D eigenvalue weighted by Gasteiger charge is 2.32.